The van der Waals surface area contributed by atoms with Gasteiger partial charge in [-0.3, -0.25) is 14.4 Å². The number of benzene rings is 1. The van der Waals surface area contributed by atoms with E-state index in [0.29, 0.717) is 12.8 Å². The topological polar surface area (TPSA) is 106 Å². The molecule has 1 aliphatic heterocycles. The van der Waals surface area contributed by atoms with Crippen LogP contribution in [0.1, 0.15) is 57.8 Å². The molecular formula is C23H27N3O5S. The van der Waals surface area contributed by atoms with E-state index in [4.69, 9.17) is 0 Å². The van der Waals surface area contributed by atoms with Crippen molar-refractivity contribution in [2.75, 3.05) is 19.3 Å². The van der Waals surface area contributed by atoms with Crippen LogP contribution in [0.25, 0.3) is 0 Å². The van der Waals surface area contributed by atoms with E-state index in [2.05, 4.69) is 5.32 Å². The lowest BCUT2D eigenvalue weighted by Crippen LogP contribution is -2.49. The lowest BCUT2D eigenvalue weighted by Gasteiger charge is -2.32. The molecule has 1 saturated carbocycles. The first-order chi connectivity index (χ1) is 15.0. The molecule has 1 atom stereocenters. The summed E-state index contributed by atoms with van der Waals surface area (Å²) in [6, 6.07) is 10.3. The molecule has 1 aliphatic carbocycles. The monoisotopic (exact) mass is 457 g/mol. The Bertz CT molecular complexity index is 1240. The van der Waals surface area contributed by atoms with Crippen molar-refractivity contribution >= 4 is 21.7 Å². The van der Waals surface area contributed by atoms with Gasteiger partial charge in [-0.05, 0) is 44.4 Å². The van der Waals surface area contributed by atoms with Gasteiger partial charge in [-0.25, -0.2) is 8.42 Å². The number of carbonyl (C=O) groups is 2. The summed E-state index contributed by atoms with van der Waals surface area (Å²) >= 11 is 0. The van der Waals surface area contributed by atoms with Gasteiger partial charge >= 0.3 is 0 Å². The zero-order chi connectivity index (χ0) is 23.3. The Hall–Kier alpha value is -2.94. The summed E-state index contributed by atoms with van der Waals surface area (Å²) in [5, 5.41) is 2.84. The molecule has 9 heteroatoms. The Balaban J connectivity index is 1.52. The van der Waals surface area contributed by atoms with Crippen molar-refractivity contribution in [1.29, 1.82) is 0 Å². The van der Waals surface area contributed by atoms with Crippen LogP contribution in [0, 0.1) is 6.92 Å². The number of fused-ring (bicyclic) bond motifs is 1. The van der Waals surface area contributed by atoms with Gasteiger partial charge in [0.15, 0.2) is 9.84 Å². The Labute approximate surface area is 187 Å². The second-order valence-corrected chi connectivity index (χ2v) is 11.3. The Morgan fingerprint density at radius 3 is 2.34 bits per heavy atom. The molecule has 1 N–H and O–H groups in total. The third kappa shape index (κ3) is 3.97. The molecule has 2 heterocycles. The molecule has 1 aromatic heterocycles. The third-order valence-electron chi connectivity index (χ3n) is 6.52. The average Bonchev–Trinajstić information content (AvgIpc) is 3.52. The summed E-state index contributed by atoms with van der Waals surface area (Å²) in [5.41, 5.74) is 1.67. The number of hydrogen-bond donors (Lipinski definition) is 1. The molecule has 4 rings (SSSR count). The molecule has 2 amide bonds. The Morgan fingerprint density at radius 2 is 1.75 bits per heavy atom. The third-order valence-corrected chi connectivity index (χ3v) is 8.63. The first kappa shape index (κ1) is 22.3. The van der Waals surface area contributed by atoms with Crippen LogP contribution in [-0.2, 0) is 16.4 Å². The van der Waals surface area contributed by atoms with E-state index in [1.165, 1.54) is 27.9 Å². The van der Waals surface area contributed by atoms with Crippen molar-refractivity contribution in [3.8, 4) is 0 Å². The highest BCUT2D eigenvalue weighted by Crippen LogP contribution is 2.44. The fourth-order valence-electron chi connectivity index (χ4n) is 4.14. The highest BCUT2D eigenvalue weighted by molar-refractivity contribution is 7.92. The molecule has 32 heavy (non-hydrogen) atoms. The summed E-state index contributed by atoms with van der Waals surface area (Å²) in [5.74, 6) is -0.884. The van der Waals surface area contributed by atoms with Crippen molar-refractivity contribution in [1.82, 2.24) is 14.8 Å². The maximum atomic E-state index is 13.0. The van der Waals surface area contributed by atoms with Crippen LogP contribution < -0.4 is 10.9 Å². The fraction of sp³-hybridized carbons (Fsp3) is 0.435. The van der Waals surface area contributed by atoms with Crippen molar-refractivity contribution in [3.05, 3.63) is 69.1 Å². The normalized spacial score (nSPS) is 18.1. The molecule has 8 nitrogen and oxygen atoms in total. The predicted molar refractivity (Wildman–Crippen MR) is 120 cm³/mol. The van der Waals surface area contributed by atoms with Crippen LogP contribution >= 0.6 is 0 Å². The molecule has 0 bridgehead atoms. The fourth-order valence-corrected chi connectivity index (χ4v) is 5.38. The first-order valence-corrected chi connectivity index (χ1v) is 12.5. The van der Waals surface area contributed by atoms with Gasteiger partial charge < -0.3 is 14.8 Å². The largest absolute Gasteiger partial charge is 0.345 e. The maximum absolute atomic E-state index is 13.0. The van der Waals surface area contributed by atoms with E-state index < -0.39 is 26.1 Å². The Morgan fingerprint density at radius 1 is 1.09 bits per heavy atom. The van der Waals surface area contributed by atoms with Gasteiger partial charge in [0.2, 0.25) is 0 Å². The van der Waals surface area contributed by atoms with Crippen LogP contribution in [0.2, 0.25) is 0 Å². The number of carbonyl (C=O) groups excluding carboxylic acids is 2. The van der Waals surface area contributed by atoms with Crippen LogP contribution in [0.5, 0.6) is 0 Å². The number of sulfone groups is 1. The quantitative estimate of drug-likeness (QED) is 0.711. The minimum absolute atomic E-state index is 0.0243. The lowest BCUT2D eigenvalue weighted by atomic mass is 10.1. The minimum atomic E-state index is -3.27. The van der Waals surface area contributed by atoms with E-state index >= 15 is 0 Å². The summed E-state index contributed by atoms with van der Waals surface area (Å²) in [6.45, 7) is 4.40. The van der Waals surface area contributed by atoms with Crippen molar-refractivity contribution in [3.63, 3.8) is 0 Å². The molecule has 0 saturated heterocycles. The van der Waals surface area contributed by atoms with Gasteiger partial charge in [0.05, 0.1) is 10.8 Å². The predicted octanol–water partition coefficient (Wildman–Crippen LogP) is 1.68. The minimum Gasteiger partial charge on any atom is -0.345 e. The average molecular weight is 458 g/mol. The molecule has 0 unspecified atom stereocenters. The number of rotatable bonds is 6. The number of aryl methyl sites for hydroxylation is 1. The molecular weight excluding hydrogens is 430 g/mol. The number of amides is 2. The number of aromatic nitrogens is 1. The summed E-state index contributed by atoms with van der Waals surface area (Å²) in [7, 11) is -3.27. The Kier molecular flexibility index (Phi) is 5.48. The zero-order valence-electron chi connectivity index (χ0n) is 18.4. The van der Waals surface area contributed by atoms with E-state index in [1.807, 2.05) is 38.1 Å². The van der Waals surface area contributed by atoms with Crippen LogP contribution in [0.4, 0.5) is 0 Å². The lowest BCUT2D eigenvalue weighted by molar-refractivity contribution is 0.0695. The zero-order valence-corrected chi connectivity index (χ0v) is 19.2. The second-order valence-electron chi connectivity index (χ2n) is 8.88. The van der Waals surface area contributed by atoms with E-state index in [-0.39, 0.29) is 42.8 Å². The number of hydrogen-bond acceptors (Lipinski definition) is 5. The van der Waals surface area contributed by atoms with Crippen LogP contribution in [-0.4, -0.2) is 53.8 Å². The number of nitrogens with one attached hydrogen (secondary N) is 1. The highest BCUT2D eigenvalue weighted by Gasteiger charge is 2.54. The maximum Gasteiger partial charge on any atom is 0.270 e. The van der Waals surface area contributed by atoms with Gasteiger partial charge in [-0.15, -0.1) is 0 Å². The van der Waals surface area contributed by atoms with Gasteiger partial charge in [-0.2, -0.15) is 0 Å². The first-order valence-electron chi connectivity index (χ1n) is 10.6. The number of nitrogens with zero attached hydrogens (tertiary/aromatic N) is 2. The molecule has 0 spiro atoms. The summed E-state index contributed by atoms with van der Waals surface area (Å²) < 4.78 is 24.6. The van der Waals surface area contributed by atoms with Crippen LogP contribution in [0.3, 0.4) is 0 Å². The molecule has 2 aromatic rings. The van der Waals surface area contributed by atoms with E-state index in [9.17, 15) is 22.8 Å². The van der Waals surface area contributed by atoms with Gasteiger partial charge in [0.25, 0.3) is 17.4 Å². The van der Waals surface area contributed by atoms with Crippen LogP contribution in [0.15, 0.2) is 41.2 Å². The second kappa shape index (κ2) is 7.88. The van der Waals surface area contributed by atoms with Gasteiger partial charge in [-0.1, -0.05) is 29.8 Å². The number of pyridine rings is 1. The molecule has 1 aromatic carbocycles. The van der Waals surface area contributed by atoms with E-state index in [0.717, 1.165) is 11.1 Å². The highest BCUT2D eigenvalue weighted by atomic mass is 32.2. The van der Waals surface area contributed by atoms with E-state index in [1.54, 1.807) is 0 Å². The van der Waals surface area contributed by atoms with Crippen molar-refractivity contribution in [2.24, 2.45) is 0 Å². The molecule has 0 radical (unpaired) electrons. The summed E-state index contributed by atoms with van der Waals surface area (Å²) in [6.07, 6.45) is 2.29. The van der Waals surface area contributed by atoms with Crippen molar-refractivity contribution < 1.29 is 18.0 Å². The smallest absolute Gasteiger partial charge is 0.270 e. The molecule has 2 aliphatic rings. The summed E-state index contributed by atoms with van der Waals surface area (Å²) in [4.78, 5) is 40.2. The molecule has 1 fully saturated rings. The molecule has 170 valence electrons. The SMILES string of the molecule is Cc1ccc([C@H](C)NC(=O)c2ccc3n(c2=O)CCN(CC2(S(C)(=O)=O)CC2)C3=O)cc1. The van der Waals surface area contributed by atoms with Gasteiger partial charge in [0, 0.05) is 25.9 Å². The van der Waals surface area contributed by atoms with Crippen molar-refractivity contribution in [2.45, 2.75) is 44.0 Å². The standard InChI is InChI=1S/C23H27N3O5S/c1-15-4-6-17(7-5-15)16(2)24-20(27)18-8-9-19-22(29)25(12-13-26(19)21(18)28)14-23(10-11-23)32(3,30)31/h4-9,16H,10-14H2,1-3H3,(H,24,27)/t16-/m0/s1. The van der Waals surface area contributed by atoms with Gasteiger partial charge in [0.1, 0.15) is 11.3 Å².